The Morgan fingerprint density at radius 2 is 1.91 bits per heavy atom. The molecule has 0 aromatic carbocycles. The van der Waals surface area contributed by atoms with Crippen molar-refractivity contribution in [2.75, 3.05) is 12.8 Å². The van der Waals surface area contributed by atoms with Crippen LogP contribution in [-0.4, -0.2) is 80.7 Å². The third-order valence-corrected chi connectivity index (χ3v) is 8.06. The van der Waals surface area contributed by atoms with Crippen molar-refractivity contribution in [2.45, 2.75) is 95.3 Å². The van der Waals surface area contributed by atoms with Crippen LogP contribution in [0, 0.1) is 5.41 Å². The van der Waals surface area contributed by atoms with Crippen molar-refractivity contribution < 1.29 is 29.0 Å². The van der Waals surface area contributed by atoms with Crippen LogP contribution in [0.1, 0.15) is 66.2 Å². The van der Waals surface area contributed by atoms with Crippen molar-refractivity contribution in [3.63, 3.8) is 0 Å². The van der Waals surface area contributed by atoms with Gasteiger partial charge in [-0.25, -0.2) is 9.59 Å². The molecule has 1 aliphatic carbocycles. The van der Waals surface area contributed by atoms with Gasteiger partial charge in [0.2, 0.25) is 11.8 Å². The number of aliphatic carboxylic acids is 1. The molecule has 3 aliphatic rings. The number of fused-ring (bicyclic) bond motifs is 1. The minimum absolute atomic E-state index is 0.175. The number of amides is 3. The lowest BCUT2D eigenvalue weighted by Gasteiger charge is -2.34. The molecule has 1 unspecified atom stereocenters. The van der Waals surface area contributed by atoms with Gasteiger partial charge in [-0.15, -0.1) is 11.8 Å². The zero-order valence-electron chi connectivity index (χ0n) is 19.6. The highest BCUT2D eigenvalue weighted by atomic mass is 32.2. The molecule has 9 nitrogen and oxygen atoms in total. The summed E-state index contributed by atoms with van der Waals surface area (Å²) in [5, 5.41) is 12.6. The van der Waals surface area contributed by atoms with Crippen LogP contribution in [0.4, 0.5) is 4.79 Å². The highest BCUT2D eigenvalue weighted by Crippen LogP contribution is 2.55. The molecule has 0 radical (unpaired) electrons. The maximum absolute atomic E-state index is 13.5. The summed E-state index contributed by atoms with van der Waals surface area (Å²) in [6.45, 7) is 6.80. The minimum atomic E-state index is -0.964. The average Bonchev–Trinajstić information content (AvgIpc) is 3.25. The van der Waals surface area contributed by atoms with Gasteiger partial charge in [0.05, 0.1) is 5.37 Å². The van der Waals surface area contributed by atoms with Gasteiger partial charge in [-0.3, -0.25) is 14.5 Å². The fraction of sp³-hybridized carbons (Fsp3) is 0.818. The molecular weight excluding hydrogens is 434 g/mol. The van der Waals surface area contributed by atoms with Gasteiger partial charge in [-0.2, -0.15) is 0 Å². The second-order valence-electron chi connectivity index (χ2n) is 10.2. The third kappa shape index (κ3) is 4.84. The van der Waals surface area contributed by atoms with Crippen LogP contribution < -0.4 is 5.32 Å². The predicted octanol–water partition coefficient (Wildman–Crippen LogP) is 2.44. The predicted molar refractivity (Wildman–Crippen MR) is 120 cm³/mol. The van der Waals surface area contributed by atoms with E-state index >= 15 is 0 Å². The topological polar surface area (TPSA) is 116 Å². The van der Waals surface area contributed by atoms with Crippen molar-refractivity contribution in [1.82, 2.24) is 15.1 Å². The summed E-state index contributed by atoms with van der Waals surface area (Å²) in [6.07, 6.45) is 4.09. The van der Waals surface area contributed by atoms with Crippen molar-refractivity contribution in [1.29, 1.82) is 0 Å². The van der Waals surface area contributed by atoms with Crippen LogP contribution in [0.5, 0.6) is 0 Å². The van der Waals surface area contributed by atoms with Crippen molar-refractivity contribution >= 4 is 35.6 Å². The Morgan fingerprint density at radius 3 is 2.47 bits per heavy atom. The molecule has 0 bridgehead atoms. The zero-order chi connectivity index (χ0) is 23.8. The smallest absolute Gasteiger partial charge is 0.410 e. The maximum Gasteiger partial charge on any atom is 0.410 e. The third-order valence-electron chi connectivity index (χ3n) is 6.81. The number of thioether (sulfide) groups is 1. The van der Waals surface area contributed by atoms with Gasteiger partial charge in [0, 0.05) is 12.5 Å². The monoisotopic (exact) mass is 469 g/mol. The molecule has 0 aromatic rings. The minimum Gasteiger partial charge on any atom is -0.480 e. The summed E-state index contributed by atoms with van der Waals surface area (Å²) in [5.41, 5.74) is -1.06. The van der Waals surface area contributed by atoms with E-state index in [-0.39, 0.29) is 16.7 Å². The van der Waals surface area contributed by atoms with E-state index < -0.39 is 41.7 Å². The van der Waals surface area contributed by atoms with E-state index in [9.17, 15) is 24.3 Å². The molecule has 3 amide bonds. The quantitative estimate of drug-likeness (QED) is 0.649. The lowest BCUT2D eigenvalue weighted by molar-refractivity contribution is -0.153. The van der Waals surface area contributed by atoms with Gasteiger partial charge >= 0.3 is 12.1 Å². The van der Waals surface area contributed by atoms with Crippen molar-refractivity contribution in [3.8, 4) is 0 Å². The molecule has 2 heterocycles. The van der Waals surface area contributed by atoms with Crippen LogP contribution in [0.25, 0.3) is 0 Å². The number of hydrogen-bond donors (Lipinski definition) is 2. The highest BCUT2D eigenvalue weighted by molar-refractivity contribution is 7.99. The molecule has 2 aliphatic heterocycles. The number of rotatable bonds is 4. The van der Waals surface area contributed by atoms with Crippen LogP contribution >= 0.6 is 11.8 Å². The number of carboxylic acids is 1. The fourth-order valence-corrected chi connectivity index (χ4v) is 6.56. The molecule has 1 saturated carbocycles. The Labute approximate surface area is 193 Å². The SMILES string of the molecule is C[C@@H](C(=O)N[C@H]1CCSC2CC3(CCCC3)[C@@H](C(=O)O)N2C1=O)N(C)C(=O)OC(C)(C)C. The standard InChI is InChI=1S/C22H35N3O6S/c1-13(24(5)20(30)31-21(2,3)4)17(26)23-14-8-11-32-15-12-22(9-6-7-10-22)16(19(28)29)25(15)18(14)27/h13-16H,6-12H2,1-5H3,(H,23,26)(H,28,29)/t13-,14-,15?,16+/m0/s1. The van der Waals surface area contributed by atoms with E-state index in [1.165, 1.54) is 16.8 Å². The molecule has 180 valence electrons. The number of carboxylic acid groups (broad SMARTS) is 1. The normalized spacial score (nSPS) is 28.1. The first-order chi connectivity index (χ1) is 14.9. The van der Waals surface area contributed by atoms with E-state index in [0.29, 0.717) is 18.6 Å². The van der Waals surface area contributed by atoms with Gasteiger partial charge in [-0.05, 0) is 59.1 Å². The van der Waals surface area contributed by atoms with Crippen molar-refractivity contribution in [2.24, 2.45) is 5.41 Å². The first-order valence-electron chi connectivity index (χ1n) is 11.3. The molecule has 1 spiro atoms. The van der Waals surface area contributed by atoms with E-state index in [1.807, 2.05) is 0 Å². The Hall–Kier alpha value is -1.97. The number of likely N-dealkylation sites (N-methyl/N-ethyl adjacent to an activating group) is 1. The van der Waals surface area contributed by atoms with E-state index in [1.54, 1.807) is 39.5 Å². The molecule has 32 heavy (non-hydrogen) atoms. The fourth-order valence-electron chi connectivity index (χ4n) is 5.08. The molecule has 3 fully saturated rings. The van der Waals surface area contributed by atoms with Crippen LogP contribution in [0.3, 0.4) is 0 Å². The van der Waals surface area contributed by atoms with Crippen molar-refractivity contribution in [3.05, 3.63) is 0 Å². The summed E-state index contributed by atoms with van der Waals surface area (Å²) in [6, 6.07) is -2.51. The summed E-state index contributed by atoms with van der Waals surface area (Å²) in [7, 11) is 1.48. The summed E-state index contributed by atoms with van der Waals surface area (Å²) in [4.78, 5) is 53.6. The summed E-state index contributed by atoms with van der Waals surface area (Å²) < 4.78 is 5.32. The lowest BCUT2D eigenvalue weighted by Crippen LogP contribution is -2.57. The number of carbonyl (C=O) groups excluding carboxylic acids is 3. The van der Waals surface area contributed by atoms with Gasteiger partial charge in [0.25, 0.3) is 0 Å². The van der Waals surface area contributed by atoms with Gasteiger partial charge in [0.1, 0.15) is 23.7 Å². The second-order valence-corrected chi connectivity index (χ2v) is 11.5. The highest BCUT2D eigenvalue weighted by Gasteiger charge is 2.59. The van der Waals surface area contributed by atoms with E-state index in [0.717, 1.165) is 25.7 Å². The average molecular weight is 470 g/mol. The van der Waals surface area contributed by atoms with Crippen LogP contribution in [-0.2, 0) is 19.1 Å². The Kier molecular flexibility index (Phi) is 7.02. The number of nitrogens with one attached hydrogen (secondary N) is 1. The molecule has 2 saturated heterocycles. The van der Waals surface area contributed by atoms with Crippen LogP contribution in [0.2, 0.25) is 0 Å². The largest absolute Gasteiger partial charge is 0.480 e. The first kappa shape index (κ1) is 24.7. The molecule has 3 rings (SSSR count). The van der Waals surface area contributed by atoms with Gasteiger partial charge in [-0.1, -0.05) is 12.8 Å². The molecular formula is C22H35N3O6S. The number of carbonyl (C=O) groups is 4. The van der Waals surface area contributed by atoms with Gasteiger partial charge in [0.15, 0.2) is 0 Å². The van der Waals surface area contributed by atoms with Gasteiger partial charge < -0.3 is 20.1 Å². The zero-order valence-corrected chi connectivity index (χ0v) is 20.4. The molecule has 0 aromatic heterocycles. The van der Waals surface area contributed by atoms with Crippen LogP contribution in [0.15, 0.2) is 0 Å². The number of ether oxygens (including phenoxy) is 1. The Balaban J connectivity index is 1.72. The van der Waals surface area contributed by atoms with E-state index in [2.05, 4.69) is 5.32 Å². The Morgan fingerprint density at radius 1 is 1.28 bits per heavy atom. The number of nitrogens with zero attached hydrogens (tertiary/aromatic N) is 2. The summed E-state index contributed by atoms with van der Waals surface area (Å²) >= 11 is 1.60. The Bertz CT molecular complexity index is 776. The van der Waals surface area contributed by atoms with E-state index in [4.69, 9.17) is 4.74 Å². The molecule has 2 N–H and O–H groups in total. The first-order valence-corrected chi connectivity index (χ1v) is 12.3. The second kappa shape index (κ2) is 9.11. The molecule has 10 heteroatoms. The summed E-state index contributed by atoms with van der Waals surface area (Å²) in [5.74, 6) is -1.12. The molecule has 4 atom stereocenters. The maximum atomic E-state index is 13.5. The lowest BCUT2D eigenvalue weighted by atomic mass is 9.78. The number of hydrogen-bond acceptors (Lipinski definition) is 6.